The number of hydrogen-bond acceptors (Lipinski definition) is 2. The van der Waals surface area contributed by atoms with Gasteiger partial charge in [-0.3, -0.25) is 0 Å². The quantitative estimate of drug-likeness (QED) is 0.822. The summed E-state index contributed by atoms with van der Waals surface area (Å²) in [5, 5.41) is -0.181. The van der Waals surface area contributed by atoms with Gasteiger partial charge in [0.15, 0.2) is 0 Å². The molecule has 0 aromatic heterocycles. The maximum atomic E-state index is 12.7. The Labute approximate surface area is 86.2 Å². The van der Waals surface area contributed by atoms with Crippen LogP contribution in [0.4, 0.5) is 13.2 Å². The molecule has 1 rings (SSSR count). The Morgan fingerprint density at radius 2 is 1.80 bits per heavy atom. The van der Waals surface area contributed by atoms with Crippen LogP contribution in [0.1, 0.15) is 6.92 Å². The van der Waals surface area contributed by atoms with Crippen molar-refractivity contribution in [2.24, 2.45) is 0 Å². The second-order valence-corrected chi connectivity index (χ2v) is 5.66. The van der Waals surface area contributed by atoms with E-state index in [0.29, 0.717) is 0 Å². The van der Waals surface area contributed by atoms with Gasteiger partial charge < -0.3 is 0 Å². The molecule has 0 heterocycles. The Kier molecular flexibility index (Phi) is 3.71. The fourth-order valence-electron chi connectivity index (χ4n) is 1.20. The van der Waals surface area contributed by atoms with Crippen molar-refractivity contribution in [1.82, 2.24) is 0 Å². The first-order chi connectivity index (χ1) is 6.92. The molecular formula is C9H12F3O2P. The maximum absolute atomic E-state index is 12.7. The number of halogens is 3. The van der Waals surface area contributed by atoms with Gasteiger partial charge in [-0.1, -0.05) is 0 Å². The Bertz CT molecular complexity index is 315. The molecule has 0 atom stereocenters. The van der Waals surface area contributed by atoms with Gasteiger partial charge in [-0.15, -0.1) is 0 Å². The monoisotopic (exact) mass is 240 g/mol. The van der Waals surface area contributed by atoms with E-state index in [1.165, 1.54) is 31.2 Å². The zero-order chi connectivity index (χ0) is 11.5. The second-order valence-electron chi connectivity index (χ2n) is 2.94. The summed E-state index contributed by atoms with van der Waals surface area (Å²) < 4.78 is 42.5. The SMILES string of the molecule is CCO[PH](O)(c1ccccc1)C(F)(F)F. The molecule has 0 saturated carbocycles. The van der Waals surface area contributed by atoms with E-state index in [0.717, 1.165) is 0 Å². The Balaban J connectivity index is 3.13. The van der Waals surface area contributed by atoms with E-state index in [1.807, 2.05) is 0 Å². The van der Waals surface area contributed by atoms with E-state index in [9.17, 15) is 18.1 Å². The summed E-state index contributed by atoms with van der Waals surface area (Å²) in [6.07, 6.45) is 0. The van der Waals surface area contributed by atoms with Crippen molar-refractivity contribution < 1.29 is 22.6 Å². The molecule has 0 spiro atoms. The zero-order valence-corrected chi connectivity index (χ0v) is 9.08. The number of alkyl halides is 3. The molecular weight excluding hydrogens is 228 g/mol. The Morgan fingerprint density at radius 1 is 1.27 bits per heavy atom. The fraction of sp³-hybridized carbons (Fsp3) is 0.333. The van der Waals surface area contributed by atoms with Gasteiger partial charge in [0, 0.05) is 0 Å². The van der Waals surface area contributed by atoms with Crippen LogP contribution < -0.4 is 5.30 Å². The molecule has 0 saturated heterocycles. The van der Waals surface area contributed by atoms with Gasteiger partial charge in [-0.2, -0.15) is 0 Å². The summed E-state index contributed by atoms with van der Waals surface area (Å²) in [7, 11) is -4.83. The van der Waals surface area contributed by atoms with Gasteiger partial charge in [0.05, 0.1) is 0 Å². The average molecular weight is 240 g/mol. The normalized spacial score (nSPS) is 13.9. The van der Waals surface area contributed by atoms with Crippen molar-refractivity contribution in [1.29, 1.82) is 0 Å². The van der Waals surface area contributed by atoms with Crippen LogP contribution in [0.5, 0.6) is 0 Å². The van der Waals surface area contributed by atoms with Gasteiger partial charge in [0.2, 0.25) is 0 Å². The molecule has 1 aromatic carbocycles. The fourth-order valence-corrected chi connectivity index (χ4v) is 2.92. The topological polar surface area (TPSA) is 29.5 Å². The zero-order valence-electron chi connectivity index (χ0n) is 8.08. The molecule has 0 bridgehead atoms. The molecule has 0 amide bonds. The van der Waals surface area contributed by atoms with Crippen molar-refractivity contribution in [3.8, 4) is 0 Å². The second kappa shape index (κ2) is 4.47. The predicted octanol–water partition coefficient (Wildman–Crippen LogP) is 2.44. The molecule has 1 N–H and O–H groups in total. The van der Waals surface area contributed by atoms with Crippen LogP contribution >= 0.6 is 7.72 Å². The molecule has 0 fully saturated rings. The summed E-state index contributed by atoms with van der Waals surface area (Å²) in [4.78, 5) is 9.61. The Morgan fingerprint density at radius 3 is 2.20 bits per heavy atom. The number of rotatable bonds is 3. The van der Waals surface area contributed by atoms with E-state index < -0.39 is 13.6 Å². The van der Waals surface area contributed by atoms with Gasteiger partial charge in [0.1, 0.15) is 0 Å². The van der Waals surface area contributed by atoms with Crippen molar-refractivity contribution in [2.75, 3.05) is 6.61 Å². The van der Waals surface area contributed by atoms with Crippen molar-refractivity contribution >= 4 is 13.0 Å². The van der Waals surface area contributed by atoms with Crippen LogP contribution in [0.15, 0.2) is 30.3 Å². The van der Waals surface area contributed by atoms with E-state index in [1.54, 1.807) is 6.07 Å². The summed E-state index contributed by atoms with van der Waals surface area (Å²) in [5.41, 5.74) is 0. The Hall–Kier alpha value is -0.640. The first kappa shape index (κ1) is 12.4. The summed E-state index contributed by atoms with van der Waals surface area (Å²) in [6.45, 7) is 1.25. The van der Waals surface area contributed by atoms with Crippen LogP contribution in [0.25, 0.3) is 0 Å². The number of hydrogen-bond donors (Lipinski definition) is 1. The molecule has 0 unspecified atom stereocenters. The van der Waals surface area contributed by atoms with Crippen molar-refractivity contribution in [3.05, 3.63) is 30.3 Å². The molecule has 0 radical (unpaired) electrons. The van der Waals surface area contributed by atoms with Crippen LogP contribution in [-0.2, 0) is 4.52 Å². The van der Waals surface area contributed by atoms with Gasteiger partial charge in [-0.05, 0) is 0 Å². The average Bonchev–Trinajstić information content (AvgIpc) is 2.18. The van der Waals surface area contributed by atoms with E-state index >= 15 is 0 Å². The molecule has 0 aliphatic rings. The molecule has 86 valence electrons. The molecule has 2 nitrogen and oxygen atoms in total. The van der Waals surface area contributed by atoms with E-state index in [-0.39, 0.29) is 11.9 Å². The van der Waals surface area contributed by atoms with Crippen LogP contribution in [0.2, 0.25) is 0 Å². The molecule has 6 heteroatoms. The van der Waals surface area contributed by atoms with Crippen molar-refractivity contribution in [2.45, 2.75) is 12.8 Å². The minimum atomic E-state index is -4.83. The third-order valence-electron chi connectivity index (χ3n) is 1.90. The molecule has 1 aromatic rings. The third-order valence-corrected chi connectivity index (χ3v) is 4.49. The van der Waals surface area contributed by atoms with Gasteiger partial charge in [-0.25, -0.2) is 0 Å². The summed E-state index contributed by atoms with van der Waals surface area (Å²) in [6, 6.07) is 6.93. The van der Waals surface area contributed by atoms with Crippen molar-refractivity contribution in [3.63, 3.8) is 0 Å². The van der Waals surface area contributed by atoms with E-state index in [4.69, 9.17) is 0 Å². The molecule has 15 heavy (non-hydrogen) atoms. The molecule has 0 aliphatic carbocycles. The first-order valence-electron chi connectivity index (χ1n) is 4.40. The van der Waals surface area contributed by atoms with Gasteiger partial charge in [0.25, 0.3) is 0 Å². The van der Waals surface area contributed by atoms with Gasteiger partial charge >= 0.3 is 85.4 Å². The first-order valence-corrected chi connectivity index (χ1v) is 6.26. The van der Waals surface area contributed by atoms with Crippen LogP contribution in [0.3, 0.4) is 0 Å². The minimum absolute atomic E-state index is 0.170. The van der Waals surface area contributed by atoms with Crippen LogP contribution in [-0.4, -0.2) is 17.4 Å². The van der Waals surface area contributed by atoms with Crippen LogP contribution in [0, 0.1) is 0 Å². The standard InChI is InChI=1S/C9H12F3O2P/c1-2-14-15(13,9(10,11)12)8-6-4-3-5-7-8/h3-7,13,15H,2H2,1H3. The predicted molar refractivity (Wildman–Crippen MR) is 54.3 cm³/mol. The third kappa shape index (κ3) is 2.48. The molecule has 0 aliphatic heterocycles. The van der Waals surface area contributed by atoms with E-state index in [2.05, 4.69) is 4.52 Å². The summed E-state index contributed by atoms with van der Waals surface area (Å²) >= 11 is 0. The summed E-state index contributed by atoms with van der Waals surface area (Å²) in [5.74, 6) is -4.72. The number of benzene rings is 1.